The molecule has 0 aromatic heterocycles. The Morgan fingerprint density at radius 3 is 2.50 bits per heavy atom. The molecular formula is C16H30N2O2. The predicted molar refractivity (Wildman–Crippen MR) is 79.8 cm³/mol. The van der Waals surface area contributed by atoms with E-state index in [-0.39, 0.29) is 6.10 Å². The van der Waals surface area contributed by atoms with E-state index < -0.39 is 0 Å². The second kappa shape index (κ2) is 7.21. The van der Waals surface area contributed by atoms with E-state index in [1.165, 1.54) is 64.6 Å². The molecule has 116 valence electrons. The van der Waals surface area contributed by atoms with Gasteiger partial charge in [-0.3, -0.25) is 0 Å². The molecule has 3 aliphatic heterocycles. The third kappa shape index (κ3) is 3.94. The number of aliphatic hydroxyl groups excluding tert-OH is 1. The molecule has 2 bridgehead atoms. The van der Waals surface area contributed by atoms with Crippen molar-refractivity contribution >= 4 is 0 Å². The third-order valence-corrected chi connectivity index (χ3v) is 5.35. The Morgan fingerprint density at radius 1 is 1.10 bits per heavy atom. The summed E-state index contributed by atoms with van der Waals surface area (Å²) in [5.74, 6) is 0.825. The van der Waals surface area contributed by atoms with Crippen molar-refractivity contribution in [2.45, 2.75) is 63.2 Å². The summed E-state index contributed by atoms with van der Waals surface area (Å²) in [4.78, 5) is 2.54. The summed E-state index contributed by atoms with van der Waals surface area (Å²) in [6, 6.07) is 0.585. The molecule has 4 aliphatic rings. The number of rotatable bonds is 6. The molecule has 1 saturated carbocycles. The Morgan fingerprint density at radius 2 is 1.85 bits per heavy atom. The van der Waals surface area contributed by atoms with E-state index in [4.69, 9.17) is 4.74 Å². The van der Waals surface area contributed by atoms with Crippen molar-refractivity contribution in [3.05, 3.63) is 0 Å². The van der Waals surface area contributed by atoms with Gasteiger partial charge in [-0.2, -0.15) is 0 Å². The van der Waals surface area contributed by atoms with Gasteiger partial charge in [-0.05, 0) is 44.7 Å². The van der Waals surface area contributed by atoms with Crippen LogP contribution in [0.15, 0.2) is 0 Å². The predicted octanol–water partition coefficient (Wildman–Crippen LogP) is 1.38. The number of nitrogens with one attached hydrogen (secondary N) is 1. The Bertz CT molecular complexity index is 286. The lowest BCUT2D eigenvalue weighted by Gasteiger charge is -2.45. The fraction of sp³-hybridized carbons (Fsp3) is 1.00. The van der Waals surface area contributed by atoms with Crippen molar-refractivity contribution in [1.82, 2.24) is 10.2 Å². The standard InChI is InChI=1S/C16H30N2O2/c19-14(12-20-15-4-2-1-3-5-15)10-17-16-11-18-8-6-13(16)7-9-18/h13-17,19H,1-12H2. The summed E-state index contributed by atoms with van der Waals surface area (Å²) >= 11 is 0. The summed E-state index contributed by atoms with van der Waals surface area (Å²) < 4.78 is 5.85. The van der Waals surface area contributed by atoms with Gasteiger partial charge in [0.2, 0.25) is 0 Å². The van der Waals surface area contributed by atoms with Crippen molar-refractivity contribution in [1.29, 1.82) is 0 Å². The summed E-state index contributed by atoms with van der Waals surface area (Å²) in [6.07, 6.45) is 8.99. The molecule has 4 fully saturated rings. The number of hydrogen-bond acceptors (Lipinski definition) is 4. The molecule has 4 rings (SSSR count). The van der Waals surface area contributed by atoms with E-state index >= 15 is 0 Å². The first-order valence-electron chi connectivity index (χ1n) is 8.56. The molecule has 0 aromatic rings. The van der Waals surface area contributed by atoms with E-state index in [9.17, 15) is 5.11 Å². The molecule has 0 amide bonds. The quantitative estimate of drug-likeness (QED) is 0.772. The highest BCUT2D eigenvalue weighted by molar-refractivity contribution is 4.91. The fourth-order valence-electron chi connectivity index (χ4n) is 4.02. The first kappa shape index (κ1) is 14.8. The highest BCUT2D eigenvalue weighted by Gasteiger charge is 2.33. The average molecular weight is 282 g/mol. The summed E-state index contributed by atoms with van der Waals surface area (Å²) in [7, 11) is 0. The summed E-state index contributed by atoms with van der Waals surface area (Å²) in [5.41, 5.74) is 0. The minimum absolute atomic E-state index is 0.354. The number of fused-ring (bicyclic) bond motifs is 3. The smallest absolute Gasteiger partial charge is 0.0897 e. The van der Waals surface area contributed by atoms with Gasteiger partial charge in [0.05, 0.1) is 18.8 Å². The molecule has 2 unspecified atom stereocenters. The first-order valence-corrected chi connectivity index (χ1v) is 8.56. The third-order valence-electron chi connectivity index (χ3n) is 5.35. The minimum Gasteiger partial charge on any atom is -0.389 e. The number of ether oxygens (including phenoxy) is 1. The van der Waals surface area contributed by atoms with Crippen molar-refractivity contribution in [2.75, 3.05) is 32.8 Å². The van der Waals surface area contributed by atoms with Crippen LogP contribution in [-0.4, -0.2) is 61.0 Å². The van der Waals surface area contributed by atoms with Gasteiger partial charge in [-0.25, -0.2) is 0 Å². The lowest BCUT2D eigenvalue weighted by Crippen LogP contribution is -2.57. The van der Waals surface area contributed by atoms with Gasteiger partial charge in [-0.15, -0.1) is 0 Å². The Labute approximate surface area is 122 Å². The van der Waals surface area contributed by atoms with Crippen LogP contribution in [0.5, 0.6) is 0 Å². The van der Waals surface area contributed by atoms with Gasteiger partial charge in [-0.1, -0.05) is 19.3 Å². The van der Waals surface area contributed by atoms with Crippen LogP contribution in [0.3, 0.4) is 0 Å². The lowest BCUT2D eigenvalue weighted by molar-refractivity contribution is -0.0263. The Hall–Kier alpha value is -0.160. The van der Waals surface area contributed by atoms with Crippen molar-refractivity contribution < 1.29 is 9.84 Å². The van der Waals surface area contributed by atoms with E-state index in [1.807, 2.05) is 0 Å². The van der Waals surface area contributed by atoms with Crippen LogP contribution in [0.1, 0.15) is 44.9 Å². The van der Waals surface area contributed by atoms with Gasteiger partial charge < -0.3 is 20.1 Å². The maximum absolute atomic E-state index is 10.1. The van der Waals surface area contributed by atoms with E-state index in [1.54, 1.807) is 0 Å². The summed E-state index contributed by atoms with van der Waals surface area (Å²) in [5, 5.41) is 13.6. The van der Waals surface area contributed by atoms with Crippen LogP contribution in [0.2, 0.25) is 0 Å². The van der Waals surface area contributed by atoms with Crippen molar-refractivity contribution in [2.24, 2.45) is 5.92 Å². The maximum Gasteiger partial charge on any atom is 0.0897 e. The number of nitrogens with zero attached hydrogens (tertiary/aromatic N) is 1. The zero-order valence-electron chi connectivity index (χ0n) is 12.6. The van der Waals surface area contributed by atoms with Gasteiger partial charge in [0.1, 0.15) is 0 Å². The molecule has 0 aromatic carbocycles. The Balaban J connectivity index is 1.31. The second-order valence-electron chi connectivity index (χ2n) is 6.90. The van der Waals surface area contributed by atoms with Gasteiger partial charge >= 0.3 is 0 Å². The van der Waals surface area contributed by atoms with Gasteiger partial charge in [0, 0.05) is 19.1 Å². The molecule has 0 spiro atoms. The van der Waals surface area contributed by atoms with Gasteiger partial charge in [0.15, 0.2) is 0 Å². The van der Waals surface area contributed by atoms with E-state index in [2.05, 4.69) is 10.2 Å². The normalized spacial score (nSPS) is 36.1. The molecule has 2 atom stereocenters. The molecular weight excluding hydrogens is 252 g/mol. The van der Waals surface area contributed by atoms with Crippen LogP contribution in [0.4, 0.5) is 0 Å². The average Bonchev–Trinajstić information content (AvgIpc) is 2.53. The zero-order chi connectivity index (χ0) is 13.8. The molecule has 4 heteroatoms. The largest absolute Gasteiger partial charge is 0.389 e. The lowest BCUT2D eigenvalue weighted by atomic mass is 9.84. The SMILES string of the molecule is OC(CNC1CN2CCC1CC2)COC1CCCCC1. The topological polar surface area (TPSA) is 44.7 Å². The van der Waals surface area contributed by atoms with Crippen molar-refractivity contribution in [3.63, 3.8) is 0 Å². The number of piperidine rings is 3. The maximum atomic E-state index is 10.1. The molecule has 0 radical (unpaired) electrons. The van der Waals surface area contributed by atoms with E-state index in [0.717, 1.165) is 5.92 Å². The highest BCUT2D eigenvalue weighted by Crippen LogP contribution is 2.27. The second-order valence-corrected chi connectivity index (χ2v) is 6.90. The molecule has 2 N–H and O–H groups in total. The number of hydrogen-bond donors (Lipinski definition) is 2. The molecule has 20 heavy (non-hydrogen) atoms. The molecule has 3 heterocycles. The zero-order valence-corrected chi connectivity index (χ0v) is 12.6. The highest BCUT2D eigenvalue weighted by atomic mass is 16.5. The first-order chi connectivity index (χ1) is 9.81. The van der Waals surface area contributed by atoms with Crippen LogP contribution in [-0.2, 0) is 4.74 Å². The monoisotopic (exact) mass is 282 g/mol. The molecule has 1 aliphatic carbocycles. The van der Waals surface area contributed by atoms with Gasteiger partial charge in [0.25, 0.3) is 0 Å². The van der Waals surface area contributed by atoms with Crippen LogP contribution in [0.25, 0.3) is 0 Å². The molecule has 3 saturated heterocycles. The van der Waals surface area contributed by atoms with Crippen LogP contribution in [0, 0.1) is 5.92 Å². The fourth-order valence-corrected chi connectivity index (χ4v) is 4.02. The van der Waals surface area contributed by atoms with Crippen molar-refractivity contribution in [3.8, 4) is 0 Å². The summed E-state index contributed by atoms with van der Waals surface area (Å²) in [6.45, 7) is 4.90. The Kier molecular flexibility index (Phi) is 5.32. The van der Waals surface area contributed by atoms with Crippen LogP contribution >= 0.6 is 0 Å². The minimum atomic E-state index is -0.354. The van der Waals surface area contributed by atoms with Crippen LogP contribution < -0.4 is 5.32 Å². The van der Waals surface area contributed by atoms with E-state index in [0.29, 0.717) is 25.3 Å². The molecule has 4 nitrogen and oxygen atoms in total. The number of aliphatic hydroxyl groups is 1.